The molecule has 0 aliphatic heterocycles. The molecule has 0 radical (unpaired) electrons. The highest BCUT2D eigenvalue weighted by Crippen LogP contribution is 2.13. The second-order valence-electron chi connectivity index (χ2n) is 5.20. The minimum Gasteiger partial charge on any atom is -0.491 e. The molecule has 2 rings (SSSR count). The smallest absolute Gasteiger partial charge is 0.315 e. The predicted molar refractivity (Wildman–Crippen MR) is 85.5 cm³/mol. The molecular formula is C17H21N3O2. The number of urea groups is 1. The van der Waals surface area contributed by atoms with E-state index >= 15 is 0 Å². The van der Waals surface area contributed by atoms with Gasteiger partial charge in [-0.2, -0.15) is 0 Å². The summed E-state index contributed by atoms with van der Waals surface area (Å²) in [7, 11) is 0. The average Bonchev–Trinajstić information content (AvgIpc) is 2.53. The highest BCUT2D eigenvalue weighted by atomic mass is 16.5. The first-order valence-electron chi connectivity index (χ1n) is 7.29. The Balaban J connectivity index is 1.74. The summed E-state index contributed by atoms with van der Waals surface area (Å²) in [5, 5.41) is 5.63. The van der Waals surface area contributed by atoms with Gasteiger partial charge in [0.2, 0.25) is 0 Å². The molecule has 22 heavy (non-hydrogen) atoms. The van der Waals surface area contributed by atoms with Gasteiger partial charge < -0.3 is 15.4 Å². The van der Waals surface area contributed by atoms with Crippen LogP contribution in [0.4, 0.5) is 4.79 Å². The first-order valence-corrected chi connectivity index (χ1v) is 7.29. The number of ether oxygens (including phenoxy) is 1. The molecule has 0 saturated carbocycles. The standard InChI is InChI=1S/C17H21N3O2/c1-13(2)22-16-5-3-14(4-6-16)11-19-17(21)20-12-15-7-9-18-10-8-15/h3-10,13H,11-12H2,1-2H3,(H2,19,20,21). The fourth-order valence-corrected chi connectivity index (χ4v) is 1.89. The number of amides is 2. The van der Waals surface area contributed by atoms with Crippen LogP contribution in [0.2, 0.25) is 0 Å². The molecule has 0 atom stereocenters. The van der Waals surface area contributed by atoms with Gasteiger partial charge in [-0.05, 0) is 49.2 Å². The van der Waals surface area contributed by atoms with E-state index in [2.05, 4.69) is 15.6 Å². The molecule has 0 unspecified atom stereocenters. The summed E-state index contributed by atoms with van der Waals surface area (Å²) in [5.74, 6) is 0.834. The lowest BCUT2D eigenvalue weighted by atomic mass is 10.2. The molecule has 0 spiro atoms. The van der Waals surface area contributed by atoms with Crippen molar-refractivity contribution >= 4 is 6.03 Å². The average molecular weight is 299 g/mol. The molecule has 116 valence electrons. The number of benzene rings is 1. The molecule has 5 nitrogen and oxygen atoms in total. The van der Waals surface area contributed by atoms with Crippen LogP contribution in [0.3, 0.4) is 0 Å². The second kappa shape index (κ2) is 8.02. The number of carbonyl (C=O) groups is 1. The number of rotatable bonds is 6. The van der Waals surface area contributed by atoms with Gasteiger partial charge in [0.1, 0.15) is 5.75 Å². The topological polar surface area (TPSA) is 63.2 Å². The lowest BCUT2D eigenvalue weighted by molar-refractivity contribution is 0.240. The van der Waals surface area contributed by atoms with E-state index in [1.807, 2.05) is 50.2 Å². The summed E-state index contributed by atoms with van der Waals surface area (Å²) >= 11 is 0. The maximum absolute atomic E-state index is 11.7. The van der Waals surface area contributed by atoms with Gasteiger partial charge in [-0.3, -0.25) is 4.98 Å². The van der Waals surface area contributed by atoms with Crippen LogP contribution in [0.25, 0.3) is 0 Å². The number of carbonyl (C=O) groups excluding carboxylic acids is 1. The van der Waals surface area contributed by atoms with Crippen molar-refractivity contribution in [3.8, 4) is 5.75 Å². The van der Waals surface area contributed by atoms with Crippen molar-refractivity contribution < 1.29 is 9.53 Å². The van der Waals surface area contributed by atoms with Gasteiger partial charge in [0.25, 0.3) is 0 Å². The van der Waals surface area contributed by atoms with Crippen LogP contribution in [-0.4, -0.2) is 17.1 Å². The third kappa shape index (κ3) is 5.44. The quantitative estimate of drug-likeness (QED) is 0.862. The fraction of sp³-hybridized carbons (Fsp3) is 0.294. The van der Waals surface area contributed by atoms with E-state index in [0.29, 0.717) is 13.1 Å². The van der Waals surface area contributed by atoms with Gasteiger partial charge >= 0.3 is 6.03 Å². The van der Waals surface area contributed by atoms with Crippen LogP contribution >= 0.6 is 0 Å². The Morgan fingerprint density at radius 1 is 1.00 bits per heavy atom. The van der Waals surface area contributed by atoms with E-state index < -0.39 is 0 Å². The van der Waals surface area contributed by atoms with Crippen molar-refractivity contribution in [2.24, 2.45) is 0 Å². The van der Waals surface area contributed by atoms with E-state index in [-0.39, 0.29) is 12.1 Å². The van der Waals surface area contributed by atoms with Crippen molar-refractivity contribution in [1.29, 1.82) is 0 Å². The molecular weight excluding hydrogens is 278 g/mol. The number of hydrogen-bond acceptors (Lipinski definition) is 3. The van der Waals surface area contributed by atoms with Crippen LogP contribution in [0.15, 0.2) is 48.8 Å². The van der Waals surface area contributed by atoms with Gasteiger partial charge in [-0.15, -0.1) is 0 Å². The summed E-state index contributed by atoms with van der Waals surface area (Å²) in [5.41, 5.74) is 2.04. The normalized spacial score (nSPS) is 10.3. The van der Waals surface area contributed by atoms with E-state index in [1.54, 1.807) is 12.4 Å². The van der Waals surface area contributed by atoms with E-state index in [1.165, 1.54) is 0 Å². The molecule has 0 saturated heterocycles. The highest BCUT2D eigenvalue weighted by molar-refractivity contribution is 5.73. The first-order chi connectivity index (χ1) is 10.6. The molecule has 0 bridgehead atoms. The van der Waals surface area contributed by atoms with Gasteiger partial charge in [0.05, 0.1) is 6.10 Å². The highest BCUT2D eigenvalue weighted by Gasteiger charge is 2.02. The van der Waals surface area contributed by atoms with Crippen molar-refractivity contribution in [2.45, 2.75) is 33.0 Å². The predicted octanol–water partition coefficient (Wildman–Crippen LogP) is 2.87. The summed E-state index contributed by atoms with van der Waals surface area (Å²) in [6.45, 7) is 4.94. The second-order valence-corrected chi connectivity index (χ2v) is 5.20. The maximum Gasteiger partial charge on any atom is 0.315 e. The Labute approximate surface area is 130 Å². The van der Waals surface area contributed by atoms with Crippen LogP contribution in [-0.2, 0) is 13.1 Å². The van der Waals surface area contributed by atoms with E-state index in [0.717, 1.165) is 16.9 Å². The van der Waals surface area contributed by atoms with Gasteiger partial charge in [-0.1, -0.05) is 12.1 Å². The van der Waals surface area contributed by atoms with Gasteiger partial charge in [0, 0.05) is 25.5 Å². The monoisotopic (exact) mass is 299 g/mol. The molecule has 0 aliphatic carbocycles. The van der Waals surface area contributed by atoms with Crippen LogP contribution < -0.4 is 15.4 Å². The Morgan fingerprint density at radius 2 is 1.55 bits per heavy atom. The van der Waals surface area contributed by atoms with Crippen molar-refractivity contribution in [3.63, 3.8) is 0 Å². The number of nitrogens with zero attached hydrogens (tertiary/aromatic N) is 1. The minimum absolute atomic E-state index is 0.155. The Hall–Kier alpha value is -2.56. The fourth-order valence-electron chi connectivity index (χ4n) is 1.89. The molecule has 0 fully saturated rings. The van der Waals surface area contributed by atoms with E-state index in [4.69, 9.17) is 4.74 Å². The largest absolute Gasteiger partial charge is 0.491 e. The molecule has 1 aromatic heterocycles. The maximum atomic E-state index is 11.7. The Bertz CT molecular complexity index is 583. The third-order valence-electron chi connectivity index (χ3n) is 2.95. The van der Waals surface area contributed by atoms with Gasteiger partial charge in [-0.25, -0.2) is 4.79 Å². The van der Waals surface area contributed by atoms with Crippen LogP contribution in [0.1, 0.15) is 25.0 Å². The summed E-state index contributed by atoms with van der Waals surface area (Å²) < 4.78 is 5.58. The Morgan fingerprint density at radius 3 is 2.09 bits per heavy atom. The van der Waals surface area contributed by atoms with E-state index in [9.17, 15) is 4.79 Å². The third-order valence-corrected chi connectivity index (χ3v) is 2.95. The first kappa shape index (κ1) is 15.8. The van der Waals surface area contributed by atoms with Crippen molar-refractivity contribution in [2.75, 3.05) is 0 Å². The minimum atomic E-state index is -0.195. The number of nitrogens with one attached hydrogen (secondary N) is 2. The molecule has 5 heteroatoms. The number of aromatic nitrogens is 1. The lowest BCUT2D eigenvalue weighted by Crippen LogP contribution is -2.34. The van der Waals surface area contributed by atoms with Crippen LogP contribution in [0.5, 0.6) is 5.75 Å². The zero-order valence-electron chi connectivity index (χ0n) is 12.9. The lowest BCUT2D eigenvalue weighted by Gasteiger charge is -2.11. The van der Waals surface area contributed by atoms with Gasteiger partial charge in [0.15, 0.2) is 0 Å². The molecule has 2 N–H and O–H groups in total. The molecule has 0 aliphatic rings. The van der Waals surface area contributed by atoms with Crippen molar-refractivity contribution in [1.82, 2.24) is 15.6 Å². The molecule has 2 aromatic rings. The Kier molecular flexibility index (Phi) is 5.77. The number of pyridine rings is 1. The van der Waals surface area contributed by atoms with Crippen molar-refractivity contribution in [3.05, 3.63) is 59.9 Å². The number of hydrogen-bond donors (Lipinski definition) is 2. The van der Waals surface area contributed by atoms with Crippen LogP contribution in [0, 0.1) is 0 Å². The SMILES string of the molecule is CC(C)Oc1ccc(CNC(=O)NCc2ccncc2)cc1. The zero-order valence-corrected chi connectivity index (χ0v) is 12.9. The molecule has 1 heterocycles. The molecule has 2 amide bonds. The molecule has 1 aromatic carbocycles. The summed E-state index contributed by atoms with van der Waals surface area (Å²) in [4.78, 5) is 15.7. The summed E-state index contributed by atoms with van der Waals surface area (Å²) in [6.07, 6.45) is 3.56. The zero-order chi connectivity index (χ0) is 15.8. The summed E-state index contributed by atoms with van der Waals surface area (Å²) in [6, 6.07) is 11.3.